The third-order valence-corrected chi connectivity index (χ3v) is 3.33. The van der Waals surface area contributed by atoms with E-state index in [2.05, 4.69) is 0 Å². The van der Waals surface area contributed by atoms with Gasteiger partial charge in [0.15, 0.2) is 0 Å². The lowest BCUT2D eigenvalue weighted by molar-refractivity contribution is -0.122. The largest absolute Gasteiger partial charge is 0.299 e. The van der Waals surface area contributed by atoms with E-state index in [1.807, 2.05) is 20.8 Å². The molecule has 1 aromatic rings. The Morgan fingerprint density at radius 2 is 2.00 bits per heavy atom. The molecule has 3 heteroatoms. The highest BCUT2D eigenvalue weighted by Gasteiger charge is 2.18. The fourth-order valence-electron chi connectivity index (χ4n) is 1.41. The summed E-state index contributed by atoms with van der Waals surface area (Å²) in [5, 5.41) is 0.0619. The van der Waals surface area contributed by atoms with Gasteiger partial charge in [0, 0.05) is 12.3 Å². The minimum atomic E-state index is -0.468. The molecule has 0 bridgehead atoms. The van der Waals surface area contributed by atoms with E-state index >= 15 is 0 Å². The van der Waals surface area contributed by atoms with Crippen molar-refractivity contribution in [1.82, 2.24) is 0 Å². The van der Waals surface area contributed by atoms with Gasteiger partial charge in [0.25, 0.3) is 0 Å². The van der Waals surface area contributed by atoms with Gasteiger partial charge >= 0.3 is 0 Å². The second-order valence-electron chi connectivity index (χ2n) is 4.39. The quantitative estimate of drug-likeness (QED) is 0.783. The van der Waals surface area contributed by atoms with Gasteiger partial charge in [-0.05, 0) is 17.5 Å². The summed E-state index contributed by atoms with van der Waals surface area (Å²) in [4.78, 5) is 11.8. The summed E-state index contributed by atoms with van der Waals surface area (Å²) >= 11 is 5.79. The molecule has 0 saturated heterocycles. The molecule has 0 aliphatic heterocycles. The predicted molar refractivity (Wildman–Crippen MR) is 64.1 cm³/mol. The minimum absolute atomic E-state index is 0.0284. The van der Waals surface area contributed by atoms with Crippen LogP contribution in [0.5, 0.6) is 0 Å². The van der Waals surface area contributed by atoms with Crippen molar-refractivity contribution in [2.24, 2.45) is 11.8 Å². The highest BCUT2D eigenvalue weighted by Crippen LogP contribution is 2.22. The van der Waals surface area contributed by atoms with Crippen LogP contribution in [-0.4, -0.2) is 5.78 Å². The van der Waals surface area contributed by atoms with Crippen LogP contribution in [-0.2, 0) is 11.2 Å². The summed E-state index contributed by atoms with van der Waals surface area (Å²) in [6.45, 7) is 5.88. The molecule has 1 nitrogen and oxygen atoms in total. The molecule has 0 saturated carbocycles. The summed E-state index contributed by atoms with van der Waals surface area (Å²) in [6, 6.07) is 4.56. The van der Waals surface area contributed by atoms with Crippen molar-refractivity contribution in [3.05, 3.63) is 34.6 Å². The summed E-state index contributed by atoms with van der Waals surface area (Å²) in [5.74, 6) is -0.106. The zero-order valence-electron chi connectivity index (χ0n) is 9.76. The third-order valence-electron chi connectivity index (χ3n) is 2.90. The van der Waals surface area contributed by atoms with Gasteiger partial charge in [0.05, 0.1) is 5.02 Å². The number of carbonyl (C=O) groups excluding carboxylic acids is 1. The van der Waals surface area contributed by atoms with Gasteiger partial charge in [-0.1, -0.05) is 44.5 Å². The number of Topliss-reactive ketones (excluding diaryl/α,β-unsaturated/α-hetero) is 1. The maximum absolute atomic E-state index is 13.1. The molecule has 1 rings (SSSR count). The fraction of sp³-hybridized carbons (Fsp3) is 0.462. The molecule has 16 heavy (non-hydrogen) atoms. The topological polar surface area (TPSA) is 17.1 Å². The minimum Gasteiger partial charge on any atom is -0.299 e. The van der Waals surface area contributed by atoms with Gasteiger partial charge in [-0.3, -0.25) is 4.79 Å². The molecule has 0 aliphatic rings. The number of halogens is 2. The Bertz CT molecular complexity index is 388. The van der Waals surface area contributed by atoms with Crippen LogP contribution in [0, 0.1) is 17.7 Å². The Morgan fingerprint density at radius 1 is 1.38 bits per heavy atom. The van der Waals surface area contributed by atoms with Crippen LogP contribution in [0.25, 0.3) is 0 Å². The van der Waals surface area contributed by atoms with Crippen molar-refractivity contribution in [2.45, 2.75) is 27.2 Å². The first kappa shape index (κ1) is 13.2. The van der Waals surface area contributed by atoms with E-state index in [0.29, 0.717) is 11.5 Å². The number of benzene rings is 1. The molecule has 88 valence electrons. The van der Waals surface area contributed by atoms with Crippen molar-refractivity contribution in [3.8, 4) is 0 Å². The molecule has 0 fully saturated rings. The molecule has 0 aromatic heterocycles. The van der Waals surface area contributed by atoms with Crippen molar-refractivity contribution < 1.29 is 9.18 Å². The van der Waals surface area contributed by atoms with Crippen LogP contribution in [0.3, 0.4) is 0 Å². The summed E-state index contributed by atoms with van der Waals surface area (Å²) in [5.41, 5.74) is 0.569. The van der Waals surface area contributed by atoms with E-state index in [0.717, 1.165) is 0 Å². The van der Waals surface area contributed by atoms with Crippen molar-refractivity contribution >= 4 is 17.4 Å². The van der Waals surface area contributed by atoms with Crippen LogP contribution in [0.4, 0.5) is 4.39 Å². The monoisotopic (exact) mass is 242 g/mol. The number of ketones is 1. The Balaban J connectivity index is 2.81. The standard InChI is InChI=1S/C13H16ClFO/c1-8(2)9(3)12(16)7-10-5-4-6-11(15)13(10)14/h4-6,8-9H,7H2,1-3H3. The van der Waals surface area contributed by atoms with Crippen LogP contribution in [0.15, 0.2) is 18.2 Å². The molecule has 0 N–H and O–H groups in total. The van der Waals surface area contributed by atoms with Crippen LogP contribution in [0.2, 0.25) is 5.02 Å². The lowest BCUT2D eigenvalue weighted by Gasteiger charge is -2.14. The first-order chi connectivity index (χ1) is 7.43. The SMILES string of the molecule is CC(C)C(C)C(=O)Cc1cccc(F)c1Cl. The summed E-state index contributed by atoms with van der Waals surface area (Å²) in [6.07, 6.45) is 0.204. The van der Waals surface area contributed by atoms with Gasteiger partial charge < -0.3 is 0 Å². The van der Waals surface area contributed by atoms with E-state index in [9.17, 15) is 9.18 Å². The van der Waals surface area contributed by atoms with Gasteiger partial charge in [0.1, 0.15) is 11.6 Å². The Hall–Kier alpha value is -0.890. The molecule has 0 radical (unpaired) electrons. The van der Waals surface area contributed by atoms with E-state index in [1.165, 1.54) is 6.07 Å². The van der Waals surface area contributed by atoms with Crippen LogP contribution >= 0.6 is 11.6 Å². The second-order valence-corrected chi connectivity index (χ2v) is 4.77. The third kappa shape index (κ3) is 3.05. The smallest absolute Gasteiger partial charge is 0.142 e. The van der Waals surface area contributed by atoms with E-state index in [4.69, 9.17) is 11.6 Å². The van der Waals surface area contributed by atoms with Gasteiger partial charge in [0.2, 0.25) is 0 Å². The second kappa shape index (κ2) is 5.44. The van der Waals surface area contributed by atoms with E-state index in [-0.39, 0.29) is 23.1 Å². The lowest BCUT2D eigenvalue weighted by atomic mass is 9.90. The molecule has 0 amide bonds. The normalized spacial score (nSPS) is 12.9. The van der Waals surface area contributed by atoms with Crippen molar-refractivity contribution in [2.75, 3.05) is 0 Å². The molecular weight excluding hydrogens is 227 g/mol. The zero-order chi connectivity index (χ0) is 12.3. The Kier molecular flexibility index (Phi) is 4.48. The van der Waals surface area contributed by atoms with Gasteiger partial charge in [-0.2, -0.15) is 0 Å². The molecule has 1 aromatic carbocycles. The number of carbonyl (C=O) groups is 1. The van der Waals surface area contributed by atoms with E-state index < -0.39 is 5.82 Å². The average molecular weight is 243 g/mol. The average Bonchev–Trinajstić information content (AvgIpc) is 2.23. The molecule has 1 atom stereocenters. The molecule has 0 aliphatic carbocycles. The number of rotatable bonds is 4. The lowest BCUT2D eigenvalue weighted by Crippen LogP contribution is -2.19. The predicted octanol–water partition coefficient (Wildman–Crippen LogP) is 3.88. The van der Waals surface area contributed by atoms with Gasteiger partial charge in [-0.25, -0.2) is 4.39 Å². The van der Waals surface area contributed by atoms with E-state index in [1.54, 1.807) is 12.1 Å². The summed E-state index contributed by atoms with van der Waals surface area (Å²) < 4.78 is 13.1. The zero-order valence-corrected chi connectivity index (χ0v) is 10.5. The highest BCUT2D eigenvalue weighted by atomic mass is 35.5. The molecule has 0 spiro atoms. The molecular formula is C13H16ClFO. The van der Waals surface area contributed by atoms with Crippen LogP contribution in [0.1, 0.15) is 26.3 Å². The molecule has 1 unspecified atom stereocenters. The number of hydrogen-bond donors (Lipinski definition) is 0. The number of hydrogen-bond acceptors (Lipinski definition) is 1. The Labute approximate surface area is 101 Å². The van der Waals surface area contributed by atoms with Gasteiger partial charge in [-0.15, -0.1) is 0 Å². The van der Waals surface area contributed by atoms with Crippen LogP contribution < -0.4 is 0 Å². The van der Waals surface area contributed by atoms with Crippen molar-refractivity contribution in [3.63, 3.8) is 0 Å². The van der Waals surface area contributed by atoms with Crippen molar-refractivity contribution in [1.29, 1.82) is 0 Å². The first-order valence-corrected chi connectivity index (χ1v) is 5.77. The molecule has 0 heterocycles. The highest BCUT2D eigenvalue weighted by molar-refractivity contribution is 6.31. The fourth-order valence-corrected chi connectivity index (χ4v) is 1.60. The maximum Gasteiger partial charge on any atom is 0.142 e. The summed E-state index contributed by atoms with van der Waals surface area (Å²) in [7, 11) is 0. The Morgan fingerprint density at radius 3 is 2.56 bits per heavy atom. The first-order valence-electron chi connectivity index (χ1n) is 5.39. The maximum atomic E-state index is 13.1.